The normalized spacial score (nSPS) is 17.6. The number of aryl methyl sites for hydroxylation is 1. The van der Waals surface area contributed by atoms with Crippen molar-refractivity contribution in [1.82, 2.24) is 9.88 Å². The molecule has 39 heavy (non-hydrogen) atoms. The average Bonchev–Trinajstić information content (AvgIpc) is 3.22. The SMILES string of the molecule is C=CCO[C@@H]1CN(C(=O)OC(C)(C)C)C[C@H]1Cc1cc(C)cc(N(Cc2ccccc2)C(=O)OC(C)(C)C)n1. The number of benzene rings is 1. The monoisotopic (exact) mass is 537 g/mol. The van der Waals surface area contributed by atoms with E-state index in [1.54, 1.807) is 15.9 Å². The maximum absolute atomic E-state index is 13.3. The molecule has 8 nitrogen and oxygen atoms in total. The van der Waals surface area contributed by atoms with Gasteiger partial charge in [0.2, 0.25) is 0 Å². The molecule has 0 radical (unpaired) electrons. The molecule has 0 N–H and O–H groups in total. The number of hydrogen-bond acceptors (Lipinski definition) is 6. The number of nitrogens with zero attached hydrogens (tertiary/aromatic N) is 3. The second kappa shape index (κ2) is 12.6. The minimum atomic E-state index is -0.649. The fraction of sp³-hybridized carbons (Fsp3) is 0.516. The first kappa shape index (κ1) is 30.2. The van der Waals surface area contributed by atoms with E-state index in [-0.39, 0.29) is 18.1 Å². The maximum Gasteiger partial charge on any atom is 0.416 e. The molecule has 1 fully saturated rings. The molecule has 0 saturated carbocycles. The number of carbonyl (C=O) groups excluding carboxylic acids is 2. The summed E-state index contributed by atoms with van der Waals surface area (Å²) in [7, 11) is 0. The van der Waals surface area contributed by atoms with Crippen LogP contribution < -0.4 is 4.90 Å². The van der Waals surface area contributed by atoms with E-state index in [0.29, 0.717) is 38.5 Å². The molecule has 2 atom stereocenters. The highest BCUT2D eigenvalue weighted by Crippen LogP contribution is 2.28. The second-order valence-corrected chi connectivity index (χ2v) is 12.1. The van der Waals surface area contributed by atoms with E-state index in [0.717, 1.165) is 16.8 Å². The van der Waals surface area contributed by atoms with Crippen LogP contribution in [0.15, 0.2) is 55.1 Å². The summed E-state index contributed by atoms with van der Waals surface area (Å²) in [5.41, 5.74) is 1.53. The molecule has 0 bridgehead atoms. The van der Waals surface area contributed by atoms with E-state index in [4.69, 9.17) is 19.2 Å². The molecular weight excluding hydrogens is 494 g/mol. The molecule has 8 heteroatoms. The Morgan fingerprint density at radius 2 is 1.72 bits per heavy atom. The van der Waals surface area contributed by atoms with Crippen LogP contribution in [0.1, 0.15) is 58.4 Å². The third kappa shape index (κ3) is 9.39. The van der Waals surface area contributed by atoms with Crippen LogP contribution in [0.25, 0.3) is 0 Å². The van der Waals surface area contributed by atoms with Crippen molar-refractivity contribution < 1.29 is 23.8 Å². The molecule has 0 unspecified atom stereocenters. The zero-order valence-corrected chi connectivity index (χ0v) is 24.4. The van der Waals surface area contributed by atoms with Gasteiger partial charge in [0.15, 0.2) is 0 Å². The second-order valence-electron chi connectivity index (χ2n) is 12.1. The van der Waals surface area contributed by atoms with Crippen LogP contribution in [0, 0.1) is 12.8 Å². The summed E-state index contributed by atoms with van der Waals surface area (Å²) in [4.78, 5) is 34.3. The summed E-state index contributed by atoms with van der Waals surface area (Å²) in [6.07, 6.45) is 1.28. The summed E-state index contributed by atoms with van der Waals surface area (Å²) < 4.78 is 17.4. The molecule has 212 valence electrons. The van der Waals surface area contributed by atoms with Crippen LogP contribution >= 0.6 is 0 Å². The minimum absolute atomic E-state index is 0.00344. The van der Waals surface area contributed by atoms with Crippen LogP contribution in [0.4, 0.5) is 15.4 Å². The Hall–Kier alpha value is -3.39. The fourth-order valence-corrected chi connectivity index (χ4v) is 4.45. The van der Waals surface area contributed by atoms with Crippen molar-refractivity contribution >= 4 is 18.0 Å². The summed E-state index contributed by atoms with van der Waals surface area (Å²) in [5, 5.41) is 0. The number of likely N-dealkylation sites (tertiary alicyclic amines) is 1. The molecule has 1 aromatic heterocycles. The standard InChI is InChI=1S/C31H43N3O5/c1-9-15-37-26-21-33(28(35)38-30(3,4)5)20-24(26)18-25-16-22(2)17-27(32-25)34(29(36)39-31(6,7)8)19-23-13-11-10-12-14-23/h9-14,16-17,24,26H,1,15,18-21H2,2-8H3/t24-,26-/m1/s1. The molecule has 0 spiro atoms. The largest absolute Gasteiger partial charge is 0.444 e. The van der Waals surface area contributed by atoms with E-state index < -0.39 is 17.3 Å². The van der Waals surface area contributed by atoms with Crippen molar-refractivity contribution in [2.45, 2.75) is 78.7 Å². The van der Waals surface area contributed by atoms with Gasteiger partial charge in [0, 0.05) is 18.2 Å². The van der Waals surface area contributed by atoms with Gasteiger partial charge in [0.1, 0.15) is 17.0 Å². The van der Waals surface area contributed by atoms with Gasteiger partial charge in [-0.15, -0.1) is 6.58 Å². The molecular formula is C31H43N3O5. The van der Waals surface area contributed by atoms with E-state index >= 15 is 0 Å². The number of pyridine rings is 1. The number of ether oxygens (including phenoxy) is 3. The Labute approximate surface area is 232 Å². The number of aromatic nitrogens is 1. The first-order valence-corrected chi connectivity index (χ1v) is 13.5. The predicted octanol–water partition coefficient (Wildman–Crippen LogP) is 6.31. The molecule has 2 aromatic rings. The molecule has 3 rings (SSSR count). The van der Waals surface area contributed by atoms with Gasteiger partial charge < -0.3 is 19.1 Å². The molecule has 1 aliphatic heterocycles. The van der Waals surface area contributed by atoms with Crippen molar-refractivity contribution in [3.05, 3.63) is 71.9 Å². The quantitative estimate of drug-likeness (QED) is 0.367. The Morgan fingerprint density at radius 3 is 2.33 bits per heavy atom. The number of hydrogen-bond donors (Lipinski definition) is 0. The third-order valence-corrected chi connectivity index (χ3v) is 6.02. The lowest BCUT2D eigenvalue weighted by Gasteiger charge is -2.27. The van der Waals surface area contributed by atoms with Crippen molar-refractivity contribution in [1.29, 1.82) is 0 Å². The van der Waals surface area contributed by atoms with Crippen LogP contribution in [0.3, 0.4) is 0 Å². The average molecular weight is 538 g/mol. The van der Waals surface area contributed by atoms with Gasteiger partial charge in [-0.2, -0.15) is 0 Å². The van der Waals surface area contributed by atoms with Crippen molar-refractivity contribution in [3.63, 3.8) is 0 Å². The van der Waals surface area contributed by atoms with Gasteiger partial charge in [-0.1, -0.05) is 36.4 Å². The van der Waals surface area contributed by atoms with E-state index in [1.807, 2.05) is 90.9 Å². The third-order valence-electron chi connectivity index (χ3n) is 6.02. The topological polar surface area (TPSA) is 81.2 Å². The first-order chi connectivity index (χ1) is 18.2. The maximum atomic E-state index is 13.3. The van der Waals surface area contributed by atoms with Gasteiger partial charge in [-0.05, 0) is 78.1 Å². The lowest BCUT2D eigenvalue weighted by Crippen LogP contribution is -2.37. The summed E-state index contributed by atoms with van der Waals surface area (Å²) in [6.45, 7) is 18.5. The molecule has 1 saturated heterocycles. The van der Waals surface area contributed by atoms with Crippen LogP contribution in [0.5, 0.6) is 0 Å². The highest BCUT2D eigenvalue weighted by molar-refractivity contribution is 5.86. The van der Waals surface area contributed by atoms with E-state index in [9.17, 15) is 9.59 Å². The summed E-state index contributed by atoms with van der Waals surface area (Å²) in [6, 6.07) is 13.7. The summed E-state index contributed by atoms with van der Waals surface area (Å²) in [5.74, 6) is 0.525. The number of rotatable bonds is 8. The van der Waals surface area contributed by atoms with Gasteiger partial charge in [-0.3, -0.25) is 4.90 Å². The lowest BCUT2D eigenvalue weighted by molar-refractivity contribution is 0.0225. The molecule has 1 aromatic carbocycles. The zero-order valence-electron chi connectivity index (χ0n) is 24.4. The number of anilines is 1. The van der Waals surface area contributed by atoms with Crippen LogP contribution in [-0.4, -0.2) is 59.1 Å². The van der Waals surface area contributed by atoms with Gasteiger partial charge >= 0.3 is 12.2 Å². The van der Waals surface area contributed by atoms with E-state index in [2.05, 4.69) is 6.58 Å². The highest BCUT2D eigenvalue weighted by atomic mass is 16.6. The molecule has 1 aliphatic rings. The molecule has 0 aliphatic carbocycles. The Kier molecular flexibility index (Phi) is 9.78. The minimum Gasteiger partial charge on any atom is -0.444 e. The highest BCUT2D eigenvalue weighted by Gasteiger charge is 2.38. The van der Waals surface area contributed by atoms with Crippen LogP contribution in [0.2, 0.25) is 0 Å². The van der Waals surface area contributed by atoms with Crippen LogP contribution in [-0.2, 0) is 27.2 Å². The van der Waals surface area contributed by atoms with Gasteiger partial charge in [0.25, 0.3) is 0 Å². The number of amides is 2. The number of carbonyl (C=O) groups is 2. The Balaban J connectivity index is 1.88. The summed E-state index contributed by atoms with van der Waals surface area (Å²) >= 11 is 0. The molecule has 2 amide bonds. The first-order valence-electron chi connectivity index (χ1n) is 13.5. The van der Waals surface area contributed by atoms with Gasteiger partial charge in [-0.25, -0.2) is 14.6 Å². The Morgan fingerprint density at radius 1 is 1.05 bits per heavy atom. The van der Waals surface area contributed by atoms with E-state index in [1.165, 1.54) is 0 Å². The van der Waals surface area contributed by atoms with Crippen molar-refractivity contribution in [3.8, 4) is 0 Å². The predicted molar refractivity (Wildman–Crippen MR) is 153 cm³/mol. The fourth-order valence-electron chi connectivity index (χ4n) is 4.45. The smallest absolute Gasteiger partial charge is 0.416 e. The molecule has 2 heterocycles. The van der Waals surface area contributed by atoms with Crippen molar-refractivity contribution in [2.75, 3.05) is 24.6 Å². The van der Waals surface area contributed by atoms with Crippen molar-refractivity contribution in [2.24, 2.45) is 5.92 Å². The van der Waals surface area contributed by atoms with Gasteiger partial charge in [0.05, 0.1) is 25.8 Å². The lowest BCUT2D eigenvalue weighted by atomic mass is 9.98. The zero-order chi connectivity index (χ0) is 28.8. The Bertz CT molecular complexity index is 1140.